The Labute approximate surface area is 128 Å². The molecule has 0 saturated carbocycles. The average Bonchev–Trinajstić information content (AvgIpc) is 2.48. The average molecular weight is 337 g/mol. The van der Waals surface area contributed by atoms with Crippen LogP contribution in [0.4, 0.5) is 4.39 Å². The molecule has 1 aromatic rings. The van der Waals surface area contributed by atoms with E-state index in [0.717, 1.165) is 12.8 Å². The molecule has 1 aliphatic heterocycles. The number of hydrogen-bond donors (Lipinski definition) is 2. The summed E-state index contributed by atoms with van der Waals surface area (Å²) in [6.07, 6.45) is 1.56. The third-order valence-electron chi connectivity index (χ3n) is 3.52. The second-order valence-electron chi connectivity index (χ2n) is 5.12. The smallest absolute Gasteiger partial charge is 0.279 e. The van der Waals surface area contributed by atoms with Crippen LogP contribution in [0.15, 0.2) is 18.2 Å². The SMILES string of the molecule is O=S(=O)(NCc1ccc(F)c(Cl)c1)N1CCCC(CO)C1. The van der Waals surface area contributed by atoms with Gasteiger partial charge in [0.25, 0.3) is 10.2 Å². The molecule has 2 N–H and O–H groups in total. The molecule has 1 atom stereocenters. The van der Waals surface area contributed by atoms with Gasteiger partial charge in [-0.05, 0) is 36.5 Å². The number of piperidine rings is 1. The van der Waals surface area contributed by atoms with Crippen molar-refractivity contribution >= 4 is 21.8 Å². The van der Waals surface area contributed by atoms with Crippen molar-refractivity contribution in [3.05, 3.63) is 34.6 Å². The molecule has 0 spiro atoms. The third kappa shape index (κ3) is 4.37. The third-order valence-corrected chi connectivity index (χ3v) is 5.33. The number of aliphatic hydroxyl groups is 1. The molecule has 118 valence electrons. The van der Waals surface area contributed by atoms with E-state index >= 15 is 0 Å². The van der Waals surface area contributed by atoms with Crippen LogP contribution in [0.25, 0.3) is 0 Å². The maximum atomic E-state index is 13.0. The summed E-state index contributed by atoms with van der Waals surface area (Å²) >= 11 is 5.66. The first-order chi connectivity index (χ1) is 9.92. The highest BCUT2D eigenvalue weighted by Crippen LogP contribution is 2.19. The second kappa shape index (κ2) is 7.02. The summed E-state index contributed by atoms with van der Waals surface area (Å²) < 4.78 is 41.2. The van der Waals surface area contributed by atoms with Crippen LogP contribution < -0.4 is 4.72 Å². The van der Waals surface area contributed by atoms with Gasteiger partial charge in [0.2, 0.25) is 0 Å². The molecule has 1 saturated heterocycles. The summed E-state index contributed by atoms with van der Waals surface area (Å²) in [6.45, 7) is 0.786. The van der Waals surface area contributed by atoms with Crippen molar-refractivity contribution in [2.75, 3.05) is 19.7 Å². The van der Waals surface area contributed by atoms with E-state index in [0.29, 0.717) is 18.7 Å². The van der Waals surface area contributed by atoms with Crippen molar-refractivity contribution < 1.29 is 17.9 Å². The lowest BCUT2D eigenvalue weighted by Crippen LogP contribution is -2.46. The van der Waals surface area contributed by atoms with Gasteiger partial charge in [0.1, 0.15) is 5.82 Å². The first-order valence-electron chi connectivity index (χ1n) is 6.72. The van der Waals surface area contributed by atoms with E-state index < -0.39 is 16.0 Å². The molecule has 1 aliphatic rings. The molecular weight excluding hydrogens is 319 g/mol. The first-order valence-corrected chi connectivity index (χ1v) is 8.53. The predicted molar refractivity (Wildman–Crippen MR) is 78.6 cm³/mol. The van der Waals surface area contributed by atoms with Gasteiger partial charge in [0, 0.05) is 26.2 Å². The number of halogens is 2. The fraction of sp³-hybridized carbons (Fsp3) is 0.538. The van der Waals surface area contributed by atoms with Crippen LogP contribution in [-0.4, -0.2) is 37.5 Å². The zero-order valence-electron chi connectivity index (χ0n) is 11.4. The summed E-state index contributed by atoms with van der Waals surface area (Å²) in [5.74, 6) is -0.555. The standard InChI is InChI=1S/C13H18ClFN2O3S/c14-12-6-10(3-4-13(12)15)7-16-21(19,20)17-5-1-2-11(8-17)9-18/h3-4,6,11,16,18H,1-2,5,7-9H2. The van der Waals surface area contributed by atoms with Crippen molar-refractivity contribution in [3.8, 4) is 0 Å². The van der Waals surface area contributed by atoms with Gasteiger partial charge in [0.05, 0.1) is 5.02 Å². The Kier molecular flexibility index (Phi) is 5.56. The predicted octanol–water partition coefficient (Wildman–Crippen LogP) is 1.52. The lowest BCUT2D eigenvalue weighted by Gasteiger charge is -2.30. The van der Waals surface area contributed by atoms with Crippen molar-refractivity contribution in [2.45, 2.75) is 19.4 Å². The van der Waals surface area contributed by atoms with E-state index in [1.165, 1.54) is 22.5 Å². The second-order valence-corrected chi connectivity index (χ2v) is 7.29. The number of benzene rings is 1. The van der Waals surface area contributed by atoms with Gasteiger partial charge < -0.3 is 5.11 Å². The summed E-state index contributed by atoms with van der Waals surface area (Å²) in [6, 6.07) is 4.08. The van der Waals surface area contributed by atoms with Crippen LogP contribution in [0.5, 0.6) is 0 Å². The Balaban J connectivity index is 1.98. The number of aliphatic hydroxyl groups excluding tert-OH is 1. The van der Waals surface area contributed by atoms with Crippen molar-refractivity contribution in [1.82, 2.24) is 9.03 Å². The van der Waals surface area contributed by atoms with Crippen molar-refractivity contribution in [1.29, 1.82) is 0 Å². The van der Waals surface area contributed by atoms with Gasteiger partial charge in [-0.15, -0.1) is 0 Å². The van der Waals surface area contributed by atoms with E-state index in [9.17, 15) is 12.8 Å². The molecule has 8 heteroatoms. The van der Waals surface area contributed by atoms with Gasteiger partial charge >= 0.3 is 0 Å². The maximum absolute atomic E-state index is 13.0. The van der Waals surface area contributed by atoms with Crippen LogP contribution >= 0.6 is 11.6 Å². The molecule has 1 fully saturated rings. The van der Waals surface area contributed by atoms with E-state index in [2.05, 4.69) is 4.72 Å². The molecule has 0 aliphatic carbocycles. The van der Waals surface area contributed by atoms with Crippen molar-refractivity contribution in [3.63, 3.8) is 0 Å². The largest absolute Gasteiger partial charge is 0.396 e. The summed E-state index contributed by atoms with van der Waals surface area (Å²) in [4.78, 5) is 0. The fourth-order valence-electron chi connectivity index (χ4n) is 2.31. The molecule has 0 radical (unpaired) electrons. The zero-order valence-corrected chi connectivity index (χ0v) is 13.0. The Morgan fingerprint density at radius 3 is 2.90 bits per heavy atom. The van der Waals surface area contributed by atoms with Crippen LogP contribution in [0.1, 0.15) is 18.4 Å². The Morgan fingerprint density at radius 2 is 2.24 bits per heavy atom. The molecule has 0 bridgehead atoms. The van der Waals surface area contributed by atoms with E-state index in [-0.39, 0.29) is 24.1 Å². The Morgan fingerprint density at radius 1 is 1.48 bits per heavy atom. The number of nitrogens with zero attached hydrogens (tertiary/aromatic N) is 1. The highest BCUT2D eigenvalue weighted by Gasteiger charge is 2.28. The van der Waals surface area contributed by atoms with Gasteiger partial charge in [-0.2, -0.15) is 17.4 Å². The van der Waals surface area contributed by atoms with Crippen LogP contribution in [0.3, 0.4) is 0 Å². The van der Waals surface area contributed by atoms with Gasteiger partial charge in [-0.3, -0.25) is 0 Å². The minimum atomic E-state index is -3.61. The monoisotopic (exact) mass is 336 g/mol. The molecule has 21 heavy (non-hydrogen) atoms. The van der Waals surface area contributed by atoms with Crippen molar-refractivity contribution in [2.24, 2.45) is 5.92 Å². The van der Waals surface area contributed by atoms with E-state index in [1.807, 2.05) is 0 Å². The van der Waals surface area contributed by atoms with Crippen LogP contribution in [0, 0.1) is 11.7 Å². The fourth-order valence-corrected chi connectivity index (χ4v) is 3.82. The highest BCUT2D eigenvalue weighted by atomic mass is 35.5. The molecule has 1 heterocycles. The molecule has 0 aromatic heterocycles. The molecule has 5 nitrogen and oxygen atoms in total. The minimum Gasteiger partial charge on any atom is -0.396 e. The normalized spacial score (nSPS) is 20.6. The number of hydrogen-bond acceptors (Lipinski definition) is 3. The Hall–Kier alpha value is -0.730. The molecular formula is C13H18ClFN2O3S. The number of rotatable bonds is 5. The Bertz CT molecular complexity index is 597. The van der Waals surface area contributed by atoms with Gasteiger partial charge in [-0.1, -0.05) is 17.7 Å². The van der Waals surface area contributed by atoms with Gasteiger partial charge in [-0.25, -0.2) is 4.39 Å². The van der Waals surface area contributed by atoms with Crippen LogP contribution in [-0.2, 0) is 16.8 Å². The topological polar surface area (TPSA) is 69.6 Å². The summed E-state index contributed by atoms with van der Waals surface area (Å²) in [7, 11) is -3.61. The number of nitrogens with one attached hydrogen (secondary N) is 1. The van der Waals surface area contributed by atoms with Gasteiger partial charge in [0.15, 0.2) is 0 Å². The molecule has 2 rings (SSSR count). The maximum Gasteiger partial charge on any atom is 0.279 e. The molecule has 1 unspecified atom stereocenters. The van der Waals surface area contributed by atoms with Crippen LogP contribution in [0.2, 0.25) is 5.02 Å². The first kappa shape index (κ1) is 16.6. The molecule has 0 amide bonds. The quantitative estimate of drug-likeness (QED) is 0.856. The summed E-state index contributed by atoms with van der Waals surface area (Å²) in [5.41, 5.74) is 0.584. The zero-order chi connectivity index (χ0) is 15.5. The highest BCUT2D eigenvalue weighted by molar-refractivity contribution is 7.87. The molecule has 1 aromatic carbocycles. The minimum absolute atomic E-state index is 0.0143. The summed E-state index contributed by atoms with van der Waals surface area (Å²) in [5, 5.41) is 9.11. The lowest BCUT2D eigenvalue weighted by molar-refractivity contribution is 0.164. The van der Waals surface area contributed by atoms with E-state index in [4.69, 9.17) is 16.7 Å². The lowest BCUT2D eigenvalue weighted by atomic mass is 10.0. The van der Waals surface area contributed by atoms with E-state index in [1.54, 1.807) is 0 Å².